The van der Waals surface area contributed by atoms with E-state index >= 15 is 0 Å². The third kappa shape index (κ3) is 8.43. The molecule has 3 fully saturated rings. The van der Waals surface area contributed by atoms with Crippen molar-refractivity contribution in [3.63, 3.8) is 0 Å². The van der Waals surface area contributed by atoms with E-state index in [0.717, 1.165) is 30.3 Å². The SMILES string of the molecule is C#C.C=C(C)/C=C\N1N[C@@H]2COCCN2C(=O)/C1=C\P1CN1C(C)(C)C(=O)OC.CC1C=CC2=C(Cc3ccc(F)c(F)c3CS2)C1. The second-order valence-electron chi connectivity index (χ2n) is 12.3. The van der Waals surface area contributed by atoms with E-state index in [1.807, 2.05) is 38.9 Å². The molecule has 0 aromatic heterocycles. The van der Waals surface area contributed by atoms with Crippen molar-refractivity contribution in [2.75, 3.05) is 33.2 Å². The minimum atomic E-state index is -0.738. The summed E-state index contributed by atoms with van der Waals surface area (Å²) in [7, 11) is 0.681. The Bertz CT molecular complexity index is 1540. The largest absolute Gasteiger partial charge is 0.468 e. The quantitative estimate of drug-likeness (QED) is 0.0955. The van der Waals surface area contributed by atoms with Gasteiger partial charge in [-0.3, -0.25) is 19.3 Å². The van der Waals surface area contributed by atoms with Crippen LogP contribution in [0.25, 0.3) is 0 Å². The molecule has 47 heavy (non-hydrogen) atoms. The molecule has 4 aliphatic heterocycles. The van der Waals surface area contributed by atoms with E-state index in [9.17, 15) is 18.4 Å². The Kier molecular flexibility index (Phi) is 12.3. The second-order valence-corrected chi connectivity index (χ2v) is 15.2. The summed E-state index contributed by atoms with van der Waals surface area (Å²) in [6, 6.07) is 2.97. The molecule has 0 saturated carbocycles. The number of methoxy groups -OCH3 is 1. The first-order valence-corrected chi connectivity index (χ1v) is 17.9. The third-order valence-electron chi connectivity index (χ3n) is 8.33. The number of allylic oxidation sites excluding steroid dienone is 5. The van der Waals surface area contributed by atoms with Crippen molar-refractivity contribution < 1.29 is 27.8 Å². The van der Waals surface area contributed by atoms with Crippen molar-refractivity contribution in [3.05, 3.63) is 93.5 Å². The van der Waals surface area contributed by atoms with Gasteiger partial charge in [0.15, 0.2) is 11.6 Å². The van der Waals surface area contributed by atoms with Gasteiger partial charge in [-0.1, -0.05) is 42.9 Å². The first kappa shape index (κ1) is 36.6. The van der Waals surface area contributed by atoms with Gasteiger partial charge in [-0.2, -0.15) is 0 Å². The van der Waals surface area contributed by atoms with Crippen molar-refractivity contribution in [1.82, 2.24) is 20.0 Å². The third-order valence-corrected chi connectivity index (χ3v) is 11.6. The fourth-order valence-corrected chi connectivity index (χ4v) is 9.06. The standard InChI is InChI=1S/C18H27N4O4P.C15H14F2S.C2H2/c1-13(2)6-7-21-14(16(23)20-8-9-26-10-15(20)19-21)11-27-12-22(27)18(3,4)17(24)25-5;1-9-2-5-14-11(6-9)7-10-3-4-13(16)15(17)12(10)8-18-14;1-2/h6-7,11,15,19H,1,8-10,12H2,2-5H3;2-5,9H,6-8H2,1H3;1-2H/b7-6-,14-11+;;/t15-,22?,27?;;/m0../s1. The number of fused-ring (bicyclic) bond motifs is 2. The van der Waals surface area contributed by atoms with Crippen LogP contribution in [0.4, 0.5) is 8.78 Å². The van der Waals surface area contributed by atoms with E-state index in [2.05, 4.69) is 48.6 Å². The number of carbonyl (C=O) groups is 2. The highest BCUT2D eigenvalue weighted by molar-refractivity contribution is 8.02. The van der Waals surface area contributed by atoms with Gasteiger partial charge in [-0.15, -0.1) is 24.6 Å². The number of thioether (sulfide) groups is 1. The summed E-state index contributed by atoms with van der Waals surface area (Å²) in [6.07, 6.45) is 18.3. The van der Waals surface area contributed by atoms with E-state index in [1.54, 1.807) is 27.7 Å². The molecule has 0 bridgehead atoms. The first-order valence-electron chi connectivity index (χ1n) is 15.3. The number of ether oxygens (including phenoxy) is 2. The Balaban J connectivity index is 0.000000216. The summed E-state index contributed by atoms with van der Waals surface area (Å²) in [5.41, 5.74) is 6.92. The highest BCUT2D eigenvalue weighted by atomic mass is 32.2. The van der Waals surface area contributed by atoms with Crippen LogP contribution < -0.4 is 5.43 Å². The monoisotopic (exact) mass is 684 g/mol. The lowest BCUT2D eigenvalue weighted by molar-refractivity contribution is -0.149. The number of nitrogens with one attached hydrogen (secondary N) is 1. The van der Waals surface area contributed by atoms with E-state index in [4.69, 9.17) is 9.47 Å². The molecule has 1 amide bonds. The van der Waals surface area contributed by atoms with E-state index in [1.165, 1.54) is 23.7 Å². The predicted octanol–water partition coefficient (Wildman–Crippen LogP) is 6.40. The molecule has 4 atom stereocenters. The van der Waals surface area contributed by atoms with Gasteiger partial charge in [0, 0.05) is 43.3 Å². The number of amides is 1. The average Bonchev–Trinajstić information content (AvgIpc) is 3.87. The molecular weight excluding hydrogens is 641 g/mol. The Hall–Kier alpha value is -3.26. The maximum atomic E-state index is 13.8. The van der Waals surface area contributed by atoms with Gasteiger partial charge in [-0.05, 0) is 63.1 Å². The average molecular weight is 685 g/mol. The molecule has 252 valence electrons. The minimum Gasteiger partial charge on any atom is -0.468 e. The number of halogens is 2. The van der Waals surface area contributed by atoms with Gasteiger partial charge >= 0.3 is 5.97 Å². The first-order chi connectivity index (χ1) is 22.4. The van der Waals surface area contributed by atoms with Crippen LogP contribution in [0.1, 0.15) is 45.2 Å². The predicted molar refractivity (Wildman–Crippen MR) is 184 cm³/mol. The van der Waals surface area contributed by atoms with Crippen LogP contribution in [0.3, 0.4) is 0 Å². The Labute approximate surface area is 282 Å². The van der Waals surface area contributed by atoms with Crippen molar-refractivity contribution in [1.29, 1.82) is 0 Å². The zero-order chi connectivity index (χ0) is 34.5. The molecule has 3 saturated heterocycles. The number of hydrazine groups is 1. The number of benzene rings is 1. The number of hydrogen-bond donors (Lipinski definition) is 1. The zero-order valence-corrected chi connectivity index (χ0v) is 29.3. The summed E-state index contributed by atoms with van der Waals surface area (Å²) in [6.45, 7) is 13.2. The number of nitrogens with zero attached hydrogens (tertiary/aromatic N) is 3. The van der Waals surface area contributed by atoms with Crippen molar-refractivity contribution in [2.45, 2.75) is 58.0 Å². The van der Waals surface area contributed by atoms with Gasteiger partial charge in [0.2, 0.25) is 0 Å². The van der Waals surface area contributed by atoms with Crippen LogP contribution in [0.2, 0.25) is 0 Å². The number of esters is 1. The maximum absolute atomic E-state index is 13.8. The number of rotatable bonds is 5. The number of hydrogen-bond acceptors (Lipinski definition) is 8. The summed E-state index contributed by atoms with van der Waals surface area (Å²) >= 11 is 1.62. The molecule has 1 aliphatic carbocycles. The molecule has 3 unspecified atom stereocenters. The topological polar surface area (TPSA) is 74.1 Å². The van der Waals surface area contributed by atoms with Crippen LogP contribution in [0.5, 0.6) is 0 Å². The van der Waals surface area contributed by atoms with Crippen LogP contribution in [0.15, 0.2) is 70.7 Å². The molecule has 0 spiro atoms. The van der Waals surface area contributed by atoms with Gasteiger partial charge in [0.1, 0.15) is 17.4 Å². The lowest BCUT2D eigenvalue weighted by Gasteiger charge is -2.44. The molecule has 0 radical (unpaired) electrons. The fourth-order valence-electron chi connectivity index (χ4n) is 5.66. The Morgan fingerprint density at radius 2 is 2.04 bits per heavy atom. The second kappa shape index (κ2) is 15.8. The van der Waals surface area contributed by atoms with E-state index in [0.29, 0.717) is 42.7 Å². The molecular formula is C35H43F2N4O4PS. The normalized spacial score (nSPS) is 25.8. The van der Waals surface area contributed by atoms with Crippen LogP contribution in [0, 0.1) is 30.4 Å². The van der Waals surface area contributed by atoms with Crippen LogP contribution >= 0.6 is 19.8 Å². The summed E-state index contributed by atoms with van der Waals surface area (Å²) in [5.74, 6) is 1.33. The van der Waals surface area contributed by atoms with Crippen molar-refractivity contribution in [2.24, 2.45) is 5.92 Å². The van der Waals surface area contributed by atoms with Crippen molar-refractivity contribution >= 4 is 31.7 Å². The van der Waals surface area contributed by atoms with Gasteiger partial charge in [0.25, 0.3) is 5.91 Å². The fraction of sp³-hybridized carbons (Fsp3) is 0.429. The minimum absolute atomic E-state index is 0.0290. The molecule has 5 aliphatic rings. The van der Waals surface area contributed by atoms with Gasteiger partial charge in [-0.25, -0.2) is 14.2 Å². The number of morpholine rings is 1. The lowest BCUT2D eigenvalue weighted by Crippen LogP contribution is -2.64. The molecule has 1 aromatic rings. The van der Waals surface area contributed by atoms with E-state index in [-0.39, 0.29) is 18.0 Å². The molecule has 12 heteroatoms. The van der Waals surface area contributed by atoms with E-state index < -0.39 is 25.2 Å². The maximum Gasteiger partial charge on any atom is 0.326 e. The molecule has 1 N–H and O–H groups in total. The van der Waals surface area contributed by atoms with Crippen LogP contribution in [-0.4, -0.2) is 71.3 Å². The molecule has 6 rings (SSSR count). The Morgan fingerprint density at radius 1 is 1.30 bits per heavy atom. The Morgan fingerprint density at radius 3 is 2.74 bits per heavy atom. The summed E-state index contributed by atoms with van der Waals surface area (Å²) < 4.78 is 39.5. The molecule has 4 heterocycles. The zero-order valence-electron chi connectivity index (χ0n) is 27.6. The summed E-state index contributed by atoms with van der Waals surface area (Å²) in [4.78, 5) is 28.2. The summed E-state index contributed by atoms with van der Waals surface area (Å²) in [5, 5.41) is 1.75. The highest BCUT2D eigenvalue weighted by Gasteiger charge is 2.50. The smallest absolute Gasteiger partial charge is 0.326 e. The lowest BCUT2D eigenvalue weighted by atomic mass is 9.90. The highest BCUT2D eigenvalue weighted by Crippen LogP contribution is 2.63. The van der Waals surface area contributed by atoms with Gasteiger partial charge in [0.05, 0.1) is 20.3 Å². The number of terminal acetylenes is 1. The number of carbonyl (C=O) groups excluding carboxylic acids is 2. The van der Waals surface area contributed by atoms with Gasteiger partial charge < -0.3 is 14.4 Å². The van der Waals surface area contributed by atoms with Crippen LogP contribution in [-0.2, 0) is 31.2 Å². The molecule has 1 aromatic carbocycles. The van der Waals surface area contributed by atoms with Crippen molar-refractivity contribution in [3.8, 4) is 12.8 Å². The molecule has 8 nitrogen and oxygen atoms in total.